The molecule has 10 heavy (non-hydrogen) atoms. The quantitative estimate of drug-likeness (QED) is 0.490. The Morgan fingerprint density at radius 1 is 1.60 bits per heavy atom. The zero-order valence-electron chi connectivity index (χ0n) is 5.27. The minimum atomic E-state index is -4.31. The van der Waals surface area contributed by atoms with Crippen LogP contribution in [0.5, 0.6) is 0 Å². The third-order valence-corrected chi connectivity index (χ3v) is 1.09. The van der Waals surface area contributed by atoms with Crippen molar-refractivity contribution >= 4 is 0 Å². The number of hydrogen-bond donors (Lipinski definition) is 0. The number of ether oxygens (including phenoxy) is 1. The first-order chi connectivity index (χ1) is 4.50. The zero-order valence-corrected chi connectivity index (χ0v) is 5.27. The van der Waals surface area contributed by atoms with Gasteiger partial charge in [-0.1, -0.05) is 0 Å². The van der Waals surface area contributed by atoms with Crippen molar-refractivity contribution in [3.8, 4) is 0 Å². The van der Waals surface area contributed by atoms with Crippen LogP contribution in [0.4, 0.5) is 13.2 Å². The lowest BCUT2D eigenvalue weighted by molar-refractivity contribution is -0.236. The Hall–Kier alpha value is -0.870. The minimum Gasteiger partial charge on any atom is -0.476 e. The molecule has 5 heteroatoms. The van der Waals surface area contributed by atoms with E-state index in [1.165, 1.54) is 6.92 Å². The molecular weight excluding hydrogens is 147 g/mol. The lowest BCUT2D eigenvalue weighted by atomic mass is 10.6. The molecule has 0 aromatic carbocycles. The maximum atomic E-state index is 11.7. The molecule has 0 saturated carbocycles. The number of alkyl halides is 3. The highest BCUT2D eigenvalue weighted by atomic mass is 19.4. The lowest BCUT2D eigenvalue weighted by Gasteiger charge is -2.16. The third-order valence-electron chi connectivity index (χ3n) is 1.09. The molecule has 2 nitrogen and oxygen atoms in total. The molecule has 0 aliphatic carbocycles. The van der Waals surface area contributed by atoms with Crippen LogP contribution >= 0.6 is 0 Å². The second kappa shape index (κ2) is 2.07. The molecule has 0 aromatic rings. The number of hydrogen-bond acceptors (Lipinski definition) is 2. The highest BCUT2D eigenvalue weighted by molar-refractivity contribution is 4.93. The van der Waals surface area contributed by atoms with E-state index in [9.17, 15) is 13.2 Å². The highest BCUT2D eigenvalue weighted by Crippen LogP contribution is 2.25. The standard InChI is InChI=1S/C5H6F3NO/c1-4-2-9(3-10-4)5(6,7)8/h2H,3H2,1H3. The molecule has 0 unspecified atom stereocenters. The smallest absolute Gasteiger partial charge is 0.476 e. The molecule has 0 saturated heterocycles. The fourth-order valence-electron chi connectivity index (χ4n) is 0.612. The summed E-state index contributed by atoms with van der Waals surface area (Å²) in [5.41, 5.74) is 0. The summed E-state index contributed by atoms with van der Waals surface area (Å²) in [6.07, 6.45) is -3.38. The second-order valence-corrected chi connectivity index (χ2v) is 1.95. The van der Waals surface area contributed by atoms with Gasteiger partial charge in [-0.2, -0.15) is 0 Å². The van der Waals surface area contributed by atoms with E-state index in [0.29, 0.717) is 0 Å². The van der Waals surface area contributed by atoms with Gasteiger partial charge in [0.05, 0.1) is 0 Å². The van der Waals surface area contributed by atoms with Crippen molar-refractivity contribution in [1.29, 1.82) is 0 Å². The van der Waals surface area contributed by atoms with Crippen LogP contribution in [-0.4, -0.2) is 17.9 Å². The van der Waals surface area contributed by atoms with Crippen LogP contribution in [0.1, 0.15) is 6.92 Å². The Bertz CT molecular complexity index is 163. The van der Waals surface area contributed by atoms with Gasteiger partial charge in [-0.25, -0.2) is 0 Å². The fraction of sp³-hybridized carbons (Fsp3) is 0.600. The molecule has 0 fully saturated rings. The van der Waals surface area contributed by atoms with Gasteiger partial charge < -0.3 is 4.74 Å². The van der Waals surface area contributed by atoms with Crippen molar-refractivity contribution in [1.82, 2.24) is 4.90 Å². The van der Waals surface area contributed by atoms with E-state index in [0.717, 1.165) is 6.20 Å². The normalized spacial score (nSPS) is 18.8. The Kier molecular flexibility index (Phi) is 1.50. The first-order valence-electron chi connectivity index (χ1n) is 2.65. The monoisotopic (exact) mass is 153 g/mol. The van der Waals surface area contributed by atoms with E-state index in [4.69, 9.17) is 0 Å². The lowest BCUT2D eigenvalue weighted by Crippen LogP contribution is -2.31. The van der Waals surface area contributed by atoms with E-state index >= 15 is 0 Å². The number of rotatable bonds is 0. The highest BCUT2D eigenvalue weighted by Gasteiger charge is 2.37. The number of nitrogens with zero attached hydrogens (tertiary/aromatic N) is 1. The molecular formula is C5H6F3NO. The molecule has 0 spiro atoms. The van der Waals surface area contributed by atoms with E-state index in [2.05, 4.69) is 4.74 Å². The van der Waals surface area contributed by atoms with Gasteiger partial charge in [-0.15, -0.1) is 13.2 Å². The first-order valence-corrected chi connectivity index (χ1v) is 2.65. The molecule has 0 amide bonds. The predicted molar refractivity (Wildman–Crippen MR) is 27.6 cm³/mol. The van der Waals surface area contributed by atoms with Crippen LogP contribution in [0.25, 0.3) is 0 Å². The molecule has 0 bridgehead atoms. The summed E-state index contributed by atoms with van der Waals surface area (Å²) >= 11 is 0. The van der Waals surface area contributed by atoms with Gasteiger partial charge in [0, 0.05) is 6.20 Å². The predicted octanol–water partition coefficient (Wildman–Crippen LogP) is 1.66. The van der Waals surface area contributed by atoms with E-state index in [1.807, 2.05) is 0 Å². The molecule has 1 aliphatic heterocycles. The van der Waals surface area contributed by atoms with Crippen LogP contribution in [0, 0.1) is 0 Å². The molecule has 1 rings (SSSR count). The van der Waals surface area contributed by atoms with Crippen molar-refractivity contribution in [3.05, 3.63) is 12.0 Å². The van der Waals surface area contributed by atoms with Crippen molar-refractivity contribution in [2.24, 2.45) is 0 Å². The van der Waals surface area contributed by atoms with Crippen LogP contribution in [-0.2, 0) is 4.74 Å². The molecule has 1 heterocycles. The van der Waals surface area contributed by atoms with E-state index in [-0.39, 0.29) is 10.7 Å². The first kappa shape index (κ1) is 7.24. The topological polar surface area (TPSA) is 12.5 Å². The average molecular weight is 153 g/mol. The van der Waals surface area contributed by atoms with Gasteiger partial charge in [-0.3, -0.25) is 4.90 Å². The summed E-state index contributed by atoms with van der Waals surface area (Å²) in [5, 5.41) is 0. The van der Waals surface area contributed by atoms with E-state index in [1.54, 1.807) is 0 Å². The Morgan fingerprint density at radius 2 is 2.20 bits per heavy atom. The fourth-order valence-corrected chi connectivity index (χ4v) is 0.612. The van der Waals surface area contributed by atoms with Gasteiger partial charge in [0.1, 0.15) is 5.76 Å². The van der Waals surface area contributed by atoms with Crippen molar-refractivity contribution < 1.29 is 17.9 Å². The molecule has 0 atom stereocenters. The number of allylic oxidation sites excluding steroid dienone is 1. The minimum absolute atomic E-state index is 0.183. The molecule has 1 aliphatic rings. The van der Waals surface area contributed by atoms with Crippen molar-refractivity contribution in [2.75, 3.05) is 6.73 Å². The van der Waals surface area contributed by atoms with Gasteiger partial charge in [0.15, 0.2) is 6.73 Å². The van der Waals surface area contributed by atoms with Gasteiger partial charge >= 0.3 is 6.30 Å². The summed E-state index contributed by atoms with van der Waals surface area (Å²) in [4.78, 5) is 0.183. The van der Waals surface area contributed by atoms with Crippen LogP contribution in [0.3, 0.4) is 0 Å². The molecule has 0 aromatic heterocycles. The summed E-state index contributed by atoms with van der Waals surface area (Å²) in [6.45, 7) is 1.06. The van der Waals surface area contributed by atoms with Crippen LogP contribution in [0.15, 0.2) is 12.0 Å². The van der Waals surface area contributed by atoms with Crippen LogP contribution in [0.2, 0.25) is 0 Å². The number of halogens is 3. The maximum Gasteiger partial charge on any atom is 0.487 e. The largest absolute Gasteiger partial charge is 0.487 e. The average Bonchev–Trinajstić information content (AvgIpc) is 2.11. The zero-order chi connectivity index (χ0) is 7.78. The van der Waals surface area contributed by atoms with Gasteiger partial charge in [0.2, 0.25) is 0 Å². The Labute approximate surface area is 55.9 Å². The molecule has 0 radical (unpaired) electrons. The molecule has 0 N–H and O–H groups in total. The van der Waals surface area contributed by atoms with Crippen molar-refractivity contribution in [2.45, 2.75) is 13.2 Å². The second-order valence-electron chi connectivity index (χ2n) is 1.95. The summed E-state index contributed by atoms with van der Waals surface area (Å²) < 4.78 is 39.8. The summed E-state index contributed by atoms with van der Waals surface area (Å²) in [6, 6.07) is 0. The van der Waals surface area contributed by atoms with Crippen molar-refractivity contribution in [3.63, 3.8) is 0 Å². The Balaban J connectivity index is 2.61. The SMILES string of the molecule is CC1=CN(C(F)(F)F)CO1. The molecule has 58 valence electrons. The van der Waals surface area contributed by atoms with Gasteiger partial charge in [-0.05, 0) is 6.92 Å². The summed E-state index contributed by atoms with van der Waals surface area (Å²) in [5.74, 6) is 0.289. The Morgan fingerprint density at radius 3 is 2.40 bits per heavy atom. The third kappa shape index (κ3) is 1.34. The summed E-state index contributed by atoms with van der Waals surface area (Å²) in [7, 11) is 0. The van der Waals surface area contributed by atoms with E-state index < -0.39 is 13.0 Å². The van der Waals surface area contributed by atoms with Gasteiger partial charge in [0.25, 0.3) is 0 Å². The maximum absolute atomic E-state index is 11.7. The van der Waals surface area contributed by atoms with Crippen LogP contribution < -0.4 is 0 Å².